The zero-order valence-electron chi connectivity index (χ0n) is 11.7. The molecular formula is C16H14ClNO4. The number of rotatable bonds is 4. The van der Waals surface area contributed by atoms with Crippen LogP contribution in [-0.4, -0.2) is 24.2 Å². The first kappa shape index (κ1) is 14.5. The number of hydrogen-bond acceptors (Lipinski definition) is 4. The zero-order valence-corrected chi connectivity index (χ0v) is 12.4. The molecule has 2 heterocycles. The molecule has 114 valence electrons. The van der Waals surface area contributed by atoms with Crippen molar-refractivity contribution in [3.8, 4) is 11.5 Å². The van der Waals surface area contributed by atoms with E-state index >= 15 is 0 Å². The Balaban J connectivity index is 1.62. The fourth-order valence-electron chi connectivity index (χ4n) is 2.02. The molecule has 3 rings (SSSR count). The van der Waals surface area contributed by atoms with E-state index in [1.807, 2.05) is 12.1 Å². The second-order valence-corrected chi connectivity index (χ2v) is 5.06. The molecule has 0 saturated carbocycles. The molecule has 0 aliphatic carbocycles. The van der Waals surface area contributed by atoms with Crippen molar-refractivity contribution >= 4 is 23.6 Å². The Morgan fingerprint density at radius 3 is 2.82 bits per heavy atom. The molecule has 0 fully saturated rings. The van der Waals surface area contributed by atoms with Crippen LogP contribution in [0, 0.1) is 0 Å². The van der Waals surface area contributed by atoms with Crippen molar-refractivity contribution in [1.82, 2.24) is 4.98 Å². The molecular weight excluding hydrogens is 306 g/mol. The molecule has 5 nitrogen and oxygen atoms in total. The summed E-state index contributed by atoms with van der Waals surface area (Å²) in [6.07, 6.45) is 4.78. The topological polar surface area (TPSA) is 60.6 Å². The fourth-order valence-corrected chi connectivity index (χ4v) is 2.23. The molecule has 0 saturated heterocycles. The third kappa shape index (κ3) is 3.43. The number of halogens is 1. The predicted octanol–water partition coefficient (Wildman–Crippen LogP) is 3.20. The molecule has 1 N–H and O–H groups in total. The van der Waals surface area contributed by atoms with Gasteiger partial charge in [0.15, 0.2) is 11.5 Å². The SMILES string of the molecule is O=C(/C=C/c1ccc[nH]1)OCc1cc2c(cc1Cl)OCCO2. The van der Waals surface area contributed by atoms with Gasteiger partial charge in [-0.2, -0.15) is 0 Å². The Morgan fingerprint density at radius 1 is 1.32 bits per heavy atom. The minimum absolute atomic E-state index is 0.0728. The van der Waals surface area contributed by atoms with Gasteiger partial charge in [0.25, 0.3) is 0 Å². The smallest absolute Gasteiger partial charge is 0.331 e. The molecule has 0 unspecified atom stereocenters. The lowest BCUT2D eigenvalue weighted by Crippen LogP contribution is -2.15. The molecule has 0 amide bonds. The van der Waals surface area contributed by atoms with Gasteiger partial charge in [-0.1, -0.05) is 11.6 Å². The van der Waals surface area contributed by atoms with E-state index in [4.69, 9.17) is 25.8 Å². The highest BCUT2D eigenvalue weighted by molar-refractivity contribution is 6.31. The monoisotopic (exact) mass is 319 g/mol. The van der Waals surface area contributed by atoms with Crippen LogP contribution in [0.1, 0.15) is 11.3 Å². The van der Waals surface area contributed by atoms with Crippen LogP contribution in [0.5, 0.6) is 11.5 Å². The highest BCUT2D eigenvalue weighted by atomic mass is 35.5. The third-order valence-electron chi connectivity index (χ3n) is 3.10. The number of esters is 1. The Morgan fingerprint density at radius 2 is 2.09 bits per heavy atom. The van der Waals surface area contributed by atoms with E-state index in [-0.39, 0.29) is 6.61 Å². The summed E-state index contributed by atoms with van der Waals surface area (Å²) in [5.74, 6) is 0.780. The second kappa shape index (κ2) is 6.58. The second-order valence-electron chi connectivity index (χ2n) is 4.65. The van der Waals surface area contributed by atoms with Crippen molar-refractivity contribution in [2.45, 2.75) is 6.61 Å². The van der Waals surface area contributed by atoms with E-state index in [1.54, 1.807) is 24.4 Å². The van der Waals surface area contributed by atoms with Crippen LogP contribution in [0.25, 0.3) is 6.08 Å². The van der Waals surface area contributed by atoms with Gasteiger partial charge in [0, 0.05) is 29.6 Å². The van der Waals surface area contributed by atoms with Gasteiger partial charge in [-0.05, 0) is 24.3 Å². The van der Waals surface area contributed by atoms with Gasteiger partial charge in [-0.25, -0.2) is 4.79 Å². The largest absolute Gasteiger partial charge is 0.486 e. The van der Waals surface area contributed by atoms with Crippen LogP contribution in [0.15, 0.2) is 36.5 Å². The van der Waals surface area contributed by atoms with E-state index in [0.717, 1.165) is 5.69 Å². The van der Waals surface area contributed by atoms with Gasteiger partial charge in [0.1, 0.15) is 19.8 Å². The maximum absolute atomic E-state index is 11.7. The minimum Gasteiger partial charge on any atom is -0.486 e. The van der Waals surface area contributed by atoms with Gasteiger partial charge in [-0.3, -0.25) is 0 Å². The van der Waals surface area contributed by atoms with Crippen molar-refractivity contribution in [3.05, 3.63) is 52.8 Å². The molecule has 22 heavy (non-hydrogen) atoms. The first-order valence-electron chi connectivity index (χ1n) is 6.78. The molecule has 0 spiro atoms. The molecule has 1 aliphatic rings. The normalized spacial score (nSPS) is 13.3. The van der Waals surface area contributed by atoms with Crippen molar-refractivity contribution in [2.75, 3.05) is 13.2 Å². The van der Waals surface area contributed by atoms with Gasteiger partial charge >= 0.3 is 5.97 Å². The lowest BCUT2D eigenvalue weighted by molar-refractivity contribution is -0.138. The summed E-state index contributed by atoms with van der Waals surface area (Å²) in [5, 5.41) is 0.477. The first-order valence-corrected chi connectivity index (χ1v) is 7.16. The molecule has 1 aliphatic heterocycles. The Hall–Kier alpha value is -2.40. The summed E-state index contributed by atoms with van der Waals surface area (Å²) in [6, 6.07) is 7.11. The number of fused-ring (bicyclic) bond motifs is 1. The first-order chi connectivity index (χ1) is 10.7. The van der Waals surface area contributed by atoms with Crippen LogP contribution in [0.2, 0.25) is 5.02 Å². The van der Waals surface area contributed by atoms with Crippen LogP contribution < -0.4 is 9.47 Å². The highest BCUT2D eigenvalue weighted by Crippen LogP contribution is 2.35. The number of carbonyl (C=O) groups is 1. The number of aromatic nitrogens is 1. The molecule has 1 aromatic carbocycles. The summed E-state index contributed by atoms with van der Waals surface area (Å²) < 4.78 is 16.1. The van der Waals surface area contributed by atoms with Crippen LogP contribution in [-0.2, 0) is 16.1 Å². The van der Waals surface area contributed by atoms with E-state index in [1.165, 1.54) is 6.08 Å². The maximum Gasteiger partial charge on any atom is 0.331 e. The molecule has 0 bridgehead atoms. The van der Waals surface area contributed by atoms with E-state index in [2.05, 4.69) is 4.98 Å². The number of H-pyrrole nitrogens is 1. The Labute approximate surface area is 132 Å². The predicted molar refractivity (Wildman–Crippen MR) is 82.1 cm³/mol. The lowest BCUT2D eigenvalue weighted by atomic mass is 10.2. The van der Waals surface area contributed by atoms with Crippen LogP contribution >= 0.6 is 11.6 Å². The fraction of sp³-hybridized carbons (Fsp3) is 0.188. The number of hydrogen-bond donors (Lipinski definition) is 1. The zero-order chi connectivity index (χ0) is 15.4. The number of benzene rings is 1. The minimum atomic E-state index is -0.444. The molecule has 0 atom stereocenters. The number of aromatic amines is 1. The van der Waals surface area contributed by atoms with Gasteiger partial charge in [0.2, 0.25) is 0 Å². The number of ether oxygens (including phenoxy) is 3. The molecule has 6 heteroatoms. The van der Waals surface area contributed by atoms with Gasteiger partial charge in [-0.15, -0.1) is 0 Å². The summed E-state index contributed by atoms with van der Waals surface area (Å²) in [5.41, 5.74) is 1.50. The van der Waals surface area contributed by atoms with Crippen LogP contribution in [0.4, 0.5) is 0 Å². The van der Waals surface area contributed by atoms with E-state index in [0.29, 0.717) is 35.3 Å². The average molecular weight is 320 g/mol. The van der Waals surface area contributed by atoms with E-state index < -0.39 is 5.97 Å². The molecule has 1 aromatic heterocycles. The standard InChI is InChI=1S/C16H14ClNO4/c17-13-9-15-14(20-6-7-21-15)8-11(13)10-22-16(19)4-3-12-2-1-5-18-12/h1-5,8-9,18H,6-7,10H2/b4-3+. The number of carbonyl (C=O) groups excluding carboxylic acids is 1. The van der Waals surface area contributed by atoms with Crippen molar-refractivity contribution in [3.63, 3.8) is 0 Å². The maximum atomic E-state index is 11.7. The summed E-state index contributed by atoms with van der Waals surface area (Å²) in [7, 11) is 0. The van der Waals surface area contributed by atoms with Gasteiger partial charge < -0.3 is 19.2 Å². The summed E-state index contributed by atoms with van der Waals surface area (Å²) in [6.45, 7) is 1.07. The Kier molecular flexibility index (Phi) is 4.34. The quantitative estimate of drug-likeness (QED) is 0.694. The third-order valence-corrected chi connectivity index (χ3v) is 3.45. The number of nitrogens with one attached hydrogen (secondary N) is 1. The highest BCUT2D eigenvalue weighted by Gasteiger charge is 2.15. The lowest BCUT2D eigenvalue weighted by Gasteiger charge is -2.19. The summed E-state index contributed by atoms with van der Waals surface area (Å²) >= 11 is 6.15. The van der Waals surface area contributed by atoms with Crippen LogP contribution in [0.3, 0.4) is 0 Å². The summed E-state index contributed by atoms with van der Waals surface area (Å²) in [4.78, 5) is 14.7. The Bertz CT molecular complexity index is 694. The van der Waals surface area contributed by atoms with Gasteiger partial charge in [0.05, 0.1) is 5.02 Å². The van der Waals surface area contributed by atoms with Crippen molar-refractivity contribution < 1.29 is 19.0 Å². The van der Waals surface area contributed by atoms with Crippen molar-refractivity contribution in [1.29, 1.82) is 0 Å². The average Bonchev–Trinajstić information content (AvgIpc) is 3.04. The molecule has 0 radical (unpaired) electrons. The van der Waals surface area contributed by atoms with Crippen molar-refractivity contribution in [2.24, 2.45) is 0 Å². The van der Waals surface area contributed by atoms with E-state index in [9.17, 15) is 4.79 Å². The molecule has 2 aromatic rings.